The van der Waals surface area contributed by atoms with Crippen molar-refractivity contribution >= 4 is 5.69 Å². The first-order valence-electron chi connectivity index (χ1n) is 7.48. The molecule has 0 bridgehead atoms. The Morgan fingerprint density at radius 2 is 2.10 bits per heavy atom. The van der Waals surface area contributed by atoms with Gasteiger partial charge in [0.15, 0.2) is 0 Å². The molecular weight excluding hydrogens is 267 g/mol. The fourth-order valence-corrected chi connectivity index (χ4v) is 2.85. The van der Waals surface area contributed by atoms with E-state index in [2.05, 4.69) is 21.4 Å². The Bertz CT molecular complexity index is 589. The molecule has 1 aliphatic carbocycles. The van der Waals surface area contributed by atoms with E-state index in [1.807, 2.05) is 12.5 Å². The summed E-state index contributed by atoms with van der Waals surface area (Å²) in [4.78, 5) is 6.50. The maximum atomic E-state index is 13.1. The van der Waals surface area contributed by atoms with Crippen LogP contribution in [0, 0.1) is 5.82 Å². The van der Waals surface area contributed by atoms with Crippen LogP contribution in [0.2, 0.25) is 0 Å². The highest BCUT2D eigenvalue weighted by Crippen LogP contribution is 2.38. The molecule has 1 atom stereocenters. The summed E-state index contributed by atoms with van der Waals surface area (Å²) >= 11 is 0. The van der Waals surface area contributed by atoms with Gasteiger partial charge in [0.25, 0.3) is 0 Å². The molecule has 0 radical (unpaired) electrons. The van der Waals surface area contributed by atoms with Gasteiger partial charge in [0, 0.05) is 24.8 Å². The third-order valence-corrected chi connectivity index (χ3v) is 4.08. The van der Waals surface area contributed by atoms with E-state index in [0.717, 1.165) is 17.9 Å². The highest BCUT2D eigenvalue weighted by atomic mass is 19.1. The summed E-state index contributed by atoms with van der Waals surface area (Å²) in [6, 6.07) is 7.22. The van der Waals surface area contributed by atoms with Crippen LogP contribution in [0.25, 0.3) is 0 Å². The van der Waals surface area contributed by atoms with Crippen molar-refractivity contribution in [2.75, 3.05) is 18.0 Å². The molecule has 0 amide bonds. The van der Waals surface area contributed by atoms with E-state index in [-0.39, 0.29) is 11.9 Å². The predicted molar refractivity (Wildman–Crippen MR) is 81.7 cm³/mol. The lowest BCUT2D eigenvalue weighted by Gasteiger charge is -2.32. The van der Waals surface area contributed by atoms with Crippen LogP contribution >= 0.6 is 0 Å². The SMILES string of the molecule is CCN(c1ccc(F)cc1)C(CN)c1cncn1C1CC1. The van der Waals surface area contributed by atoms with Crippen LogP contribution in [0.3, 0.4) is 0 Å². The molecule has 1 aliphatic rings. The molecule has 4 nitrogen and oxygen atoms in total. The third-order valence-electron chi connectivity index (χ3n) is 4.08. The van der Waals surface area contributed by atoms with Crippen LogP contribution < -0.4 is 10.6 Å². The minimum Gasteiger partial charge on any atom is -0.362 e. The van der Waals surface area contributed by atoms with Gasteiger partial charge in [0.05, 0.1) is 24.3 Å². The number of nitrogens with zero attached hydrogens (tertiary/aromatic N) is 3. The van der Waals surface area contributed by atoms with Gasteiger partial charge in [0.1, 0.15) is 5.82 Å². The molecule has 21 heavy (non-hydrogen) atoms. The average molecular weight is 288 g/mol. The summed E-state index contributed by atoms with van der Waals surface area (Å²) in [5.41, 5.74) is 8.17. The van der Waals surface area contributed by atoms with Crippen LogP contribution in [0.4, 0.5) is 10.1 Å². The van der Waals surface area contributed by atoms with Gasteiger partial charge in [-0.2, -0.15) is 0 Å². The van der Waals surface area contributed by atoms with Gasteiger partial charge in [-0.05, 0) is 44.0 Å². The monoisotopic (exact) mass is 288 g/mol. The van der Waals surface area contributed by atoms with Crippen LogP contribution in [0.5, 0.6) is 0 Å². The second-order valence-corrected chi connectivity index (χ2v) is 5.47. The molecule has 112 valence electrons. The van der Waals surface area contributed by atoms with E-state index in [0.29, 0.717) is 12.6 Å². The Hall–Kier alpha value is -1.88. The number of nitrogens with two attached hydrogens (primary N) is 1. The Kier molecular flexibility index (Phi) is 3.92. The first-order valence-corrected chi connectivity index (χ1v) is 7.48. The summed E-state index contributed by atoms with van der Waals surface area (Å²) in [5.74, 6) is -0.220. The summed E-state index contributed by atoms with van der Waals surface area (Å²) in [6.45, 7) is 3.40. The van der Waals surface area contributed by atoms with Crippen molar-refractivity contribution in [3.05, 3.63) is 48.3 Å². The molecule has 0 aliphatic heterocycles. The zero-order valence-corrected chi connectivity index (χ0v) is 12.2. The number of anilines is 1. The normalized spacial score (nSPS) is 16.0. The summed E-state index contributed by atoms with van der Waals surface area (Å²) in [6.07, 6.45) is 6.23. The second kappa shape index (κ2) is 5.85. The van der Waals surface area contributed by atoms with Crippen LogP contribution in [0.1, 0.15) is 37.5 Å². The summed E-state index contributed by atoms with van der Waals surface area (Å²) in [5, 5.41) is 0. The predicted octanol–water partition coefficient (Wildman–Crippen LogP) is 2.88. The molecule has 1 heterocycles. The van der Waals surface area contributed by atoms with Gasteiger partial charge in [0.2, 0.25) is 0 Å². The molecule has 1 aromatic heterocycles. The number of rotatable bonds is 6. The molecule has 2 aromatic rings. The molecule has 2 N–H and O–H groups in total. The third kappa shape index (κ3) is 2.78. The summed E-state index contributed by atoms with van der Waals surface area (Å²) < 4.78 is 15.4. The van der Waals surface area contributed by atoms with E-state index >= 15 is 0 Å². The number of hydrogen-bond acceptors (Lipinski definition) is 3. The van der Waals surface area contributed by atoms with Crippen molar-refractivity contribution in [1.29, 1.82) is 0 Å². The van der Waals surface area contributed by atoms with Crippen molar-refractivity contribution in [2.45, 2.75) is 31.8 Å². The highest BCUT2D eigenvalue weighted by molar-refractivity contribution is 5.48. The first kappa shape index (κ1) is 14.1. The molecule has 1 aromatic carbocycles. The number of benzene rings is 1. The zero-order chi connectivity index (χ0) is 14.8. The smallest absolute Gasteiger partial charge is 0.123 e. The Labute approximate surface area is 124 Å². The molecule has 0 spiro atoms. The molecule has 1 unspecified atom stereocenters. The van der Waals surface area contributed by atoms with Crippen molar-refractivity contribution in [1.82, 2.24) is 9.55 Å². The second-order valence-electron chi connectivity index (χ2n) is 5.47. The Morgan fingerprint density at radius 1 is 1.38 bits per heavy atom. The van der Waals surface area contributed by atoms with Gasteiger partial charge >= 0.3 is 0 Å². The lowest BCUT2D eigenvalue weighted by Crippen LogP contribution is -2.35. The van der Waals surface area contributed by atoms with Gasteiger partial charge in [-0.15, -0.1) is 0 Å². The van der Waals surface area contributed by atoms with Crippen molar-refractivity contribution in [3.63, 3.8) is 0 Å². The van der Waals surface area contributed by atoms with E-state index in [4.69, 9.17) is 5.73 Å². The molecule has 3 rings (SSSR count). The fourth-order valence-electron chi connectivity index (χ4n) is 2.85. The van der Waals surface area contributed by atoms with Crippen molar-refractivity contribution in [2.24, 2.45) is 5.73 Å². The first-order chi connectivity index (χ1) is 10.2. The Balaban J connectivity index is 1.92. The number of aromatic nitrogens is 2. The molecule has 0 saturated heterocycles. The van der Waals surface area contributed by atoms with E-state index in [1.165, 1.54) is 25.0 Å². The number of hydrogen-bond donors (Lipinski definition) is 1. The number of likely N-dealkylation sites (N-methyl/N-ethyl adjacent to an activating group) is 1. The van der Waals surface area contributed by atoms with E-state index in [9.17, 15) is 4.39 Å². The van der Waals surface area contributed by atoms with Crippen LogP contribution in [-0.2, 0) is 0 Å². The number of imidazole rings is 1. The van der Waals surface area contributed by atoms with Gasteiger partial charge < -0.3 is 15.2 Å². The number of halogens is 1. The quantitative estimate of drug-likeness (QED) is 0.889. The van der Waals surface area contributed by atoms with Crippen LogP contribution in [-0.4, -0.2) is 22.6 Å². The lowest BCUT2D eigenvalue weighted by molar-refractivity contribution is 0.574. The maximum Gasteiger partial charge on any atom is 0.123 e. The lowest BCUT2D eigenvalue weighted by atomic mass is 10.1. The van der Waals surface area contributed by atoms with Gasteiger partial charge in [-0.25, -0.2) is 9.37 Å². The largest absolute Gasteiger partial charge is 0.362 e. The van der Waals surface area contributed by atoms with Gasteiger partial charge in [-0.3, -0.25) is 0 Å². The summed E-state index contributed by atoms with van der Waals surface area (Å²) in [7, 11) is 0. The topological polar surface area (TPSA) is 47.1 Å². The van der Waals surface area contributed by atoms with E-state index < -0.39 is 0 Å². The zero-order valence-electron chi connectivity index (χ0n) is 12.2. The van der Waals surface area contributed by atoms with E-state index in [1.54, 1.807) is 12.1 Å². The molecule has 5 heteroatoms. The van der Waals surface area contributed by atoms with Crippen LogP contribution in [0.15, 0.2) is 36.8 Å². The minimum atomic E-state index is -0.220. The van der Waals surface area contributed by atoms with Crippen molar-refractivity contribution < 1.29 is 4.39 Å². The molecule has 1 fully saturated rings. The minimum absolute atomic E-state index is 0.0589. The van der Waals surface area contributed by atoms with Gasteiger partial charge in [-0.1, -0.05) is 0 Å². The maximum absolute atomic E-state index is 13.1. The standard InChI is InChI=1S/C16H21FN4/c1-2-20(13-5-3-12(17)4-6-13)15(9-18)16-10-19-11-21(16)14-7-8-14/h3-6,10-11,14-15H,2,7-9,18H2,1H3. The molecular formula is C16H21FN4. The fraction of sp³-hybridized carbons (Fsp3) is 0.438. The Morgan fingerprint density at radius 3 is 2.67 bits per heavy atom. The molecule has 1 saturated carbocycles. The van der Waals surface area contributed by atoms with Crippen molar-refractivity contribution in [3.8, 4) is 0 Å². The average Bonchev–Trinajstić information content (AvgIpc) is 3.24. The highest BCUT2D eigenvalue weighted by Gasteiger charge is 2.29.